The Balaban J connectivity index is 1.79. The fourth-order valence-corrected chi connectivity index (χ4v) is 5.02. The van der Waals surface area contributed by atoms with Crippen LogP contribution in [0.25, 0.3) is 0 Å². The topological polar surface area (TPSA) is 35.2 Å². The molecule has 0 aromatic heterocycles. The van der Waals surface area contributed by atoms with Crippen molar-refractivity contribution in [2.45, 2.75) is 30.9 Å². The van der Waals surface area contributed by atoms with Crippen LogP contribution in [0, 0.1) is 11.7 Å². The first kappa shape index (κ1) is 14.8. The van der Waals surface area contributed by atoms with Crippen LogP contribution in [0.5, 0.6) is 0 Å². The smallest absolute Gasteiger partial charge is 0.128 e. The van der Waals surface area contributed by atoms with Crippen LogP contribution in [0.3, 0.4) is 0 Å². The maximum Gasteiger partial charge on any atom is 0.128 e. The lowest BCUT2D eigenvalue weighted by Gasteiger charge is -2.40. The molecule has 0 saturated carbocycles. The van der Waals surface area contributed by atoms with E-state index in [9.17, 15) is 4.39 Å². The summed E-state index contributed by atoms with van der Waals surface area (Å²) in [5, 5.41) is 0. The molecule has 0 bridgehead atoms. The number of rotatable bonds is 2. The molecule has 2 nitrogen and oxygen atoms in total. The zero-order valence-corrected chi connectivity index (χ0v) is 13.7. The molecule has 0 radical (unpaired) electrons. The molecule has 2 N–H and O–H groups in total. The van der Waals surface area contributed by atoms with Gasteiger partial charge in [-0.2, -0.15) is 11.8 Å². The van der Waals surface area contributed by atoms with Gasteiger partial charge < -0.3 is 10.5 Å². The molecule has 3 atom stereocenters. The highest BCUT2D eigenvalue weighted by Crippen LogP contribution is 2.43. The second-order valence-electron chi connectivity index (χ2n) is 5.78. The highest BCUT2D eigenvalue weighted by molar-refractivity contribution is 9.10. The monoisotopic (exact) mass is 359 g/mol. The van der Waals surface area contributed by atoms with Gasteiger partial charge in [0, 0.05) is 28.4 Å². The highest BCUT2D eigenvalue weighted by atomic mass is 79.9. The van der Waals surface area contributed by atoms with Gasteiger partial charge in [-0.3, -0.25) is 0 Å². The van der Waals surface area contributed by atoms with Gasteiger partial charge >= 0.3 is 0 Å². The maximum atomic E-state index is 14.0. The Morgan fingerprint density at radius 2 is 2.35 bits per heavy atom. The number of hydrogen-bond donors (Lipinski definition) is 1. The number of benzene rings is 1. The summed E-state index contributed by atoms with van der Waals surface area (Å²) in [6.45, 7) is 0.745. The van der Waals surface area contributed by atoms with E-state index in [4.69, 9.17) is 10.5 Å². The van der Waals surface area contributed by atoms with E-state index < -0.39 is 0 Å². The SMILES string of the molecule is NC(c1cc(Br)ccc1F)C1CCOC2(CCSC2)C1. The summed E-state index contributed by atoms with van der Waals surface area (Å²) in [5.74, 6) is 2.30. The normalized spacial score (nSPS) is 31.6. The van der Waals surface area contributed by atoms with Crippen molar-refractivity contribution in [3.05, 3.63) is 34.1 Å². The molecular formula is C15H19BrFNOS. The van der Waals surface area contributed by atoms with Gasteiger partial charge in [-0.05, 0) is 49.1 Å². The minimum absolute atomic E-state index is 0.00626. The number of halogens is 2. The second kappa shape index (κ2) is 5.95. The van der Waals surface area contributed by atoms with E-state index in [0.717, 1.165) is 41.8 Å². The summed E-state index contributed by atoms with van der Waals surface area (Å²) in [6, 6.07) is 4.76. The van der Waals surface area contributed by atoms with E-state index in [2.05, 4.69) is 15.9 Å². The van der Waals surface area contributed by atoms with Gasteiger partial charge in [0.05, 0.1) is 5.60 Å². The maximum absolute atomic E-state index is 14.0. The predicted molar refractivity (Wildman–Crippen MR) is 84.4 cm³/mol. The molecule has 2 saturated heterocycles. The van der Waals surface area contributed by atoms with Crippen LogP contribution in [0.15, 0.2) is 22.7 Å². The molecule has 1 aromatic rings. The van der Waals surface area contributed by atoms with Gasteiger partial charge in [-0.15, -0.1) is 0 Å². The van der Waals surface area contributed by atoms with E-state index in [0.29, 0.717) is 11.5 Å². The Morgan fingerprint density at radius 3 is 3.10 bits per heavy atom. The molecule has 1 aromatic carbocycles. The molecule has 3 unspecified atom stereocenters. The Labute approximate surface area is 131 Å². The fraction of sp³-hybridized carbons (Fsp3) is 0.600. The quantitative estimate of drug-likeness (QED) is 0.869. The summed E-state index contributed by atoms with van der Waals surface area (Å²) < 4.78 is 20.9. The summed E-state index contributed by atoms with van der Waals surface area (Å²) >= 11 is 5.35. The summed E-state index contributed by atoms with van der Waals surface area (Å²) in [4.78, 5) is 0. The molecule has 1 spiro atoms. The van der Waals surface area contributed by atoms with E-state index in [1.807, 2.05) is 17.8 Å². The Kier molecular flexibility index (Phi) is 4.41. The van der Waals surface area contributed by atoms with E-state index in [1.165, 1.54) is 6.07 Å². The summed E-state index contributed by atoms with van der Waals surface area (Å²) in [7, 11) is 0. The average Bonchev–Trinajstić information content (AvgIpc) is 2.88. The highest BCUT2D eigenvalue weighted by Gasteiger charge is 2.42. The molecule has 20 heavy (non-hydrogen) atoms. The number of thioether (sulfide) groups is 1. The zero-order valence-electron chi connectivity index (χ0n) is 11.3. The van der Waals surface area contributed by atoms with Crippen molar-refractivity contribution in [1.82, 2.24) is 0 Å². The van der Waals surface area contributed by atoms with Gasteiger partial charge in [0.25, 0.3) is 0 Å². The van der Waals surface area contributed by atoms with E-state index in [1.54, 1.807) is 6.07 Å². The van der Waals surface area contributed by atoms with E-state index in [-0.39, 0.29) is 17.5 Å². The third-order valence-corrected chi connectivity index (χ3v) is 6.14. The summed E-state index contributed by atoms with van der Waals surface area (Å²) in [6.07, 6.45) is 2.97. The fourth-order valence-electron chi connectivity index (χ4n) is 3.26. The number of nitrogens with two attached hydrogens (primary N) is 1. The minimum Gasteiger partial charge on any atom is -0.374 e. The Bertz CT molecular complexity index is 493. The number of ether oxygens (including phenoxy) is 1. The van der Waals surface area contributed by atoms with Crippen molar-refractivity contribution in [3.8, 4) is 0 Å². The second-order valence-corrected chi connectivity index (χ2v) is 7.80. The van der Waals surface area contributed by atoms with Crippen molar-refractivity contribution in [1.29, 1.82) is 0 Å². The van der Waals surface area contributed by atoms with Gasteiger partial charge in [0.1, 0.15) is 5.82 Å². The molecule has 110 valence electrons. The van der Waals surface area contributed by atoms with Crippen molar-refractivity contribution < 1.29 is 9.13 Å². The molecule has 2 aliphatic heterocycles. The van der Waals surface area contributed by atoms with Crippen LogP contribution < -0.4 is 5.73 Å². The third kappa shape index (κ3) is 2.91. The molecular weight excluding hydrogens is 341 g/mol. The van der Waals surface area contributed by atoms with Crippen molar-refractivity contribution in [3.63, 3.8) is 0 Å². The first-order valence-corrected chi connectivity index (χ1v) is 8.97. The van der Waals surface area contributed by atoms with Crippen LogP contribution in [0.4, 0.5) is 4.39 Å². The van der Waals surface area contributed by atoms with Crippen LogP contribution in [0.1, 0.15) is 30.9 Å². The molecule has 5 heteroatoms. The average molecular weight is 360 g/mol. The molecule has 2 fully saturated rings. The van der Waals surface area contributed by atoms with Crippen LogP contribution in [0.2, 0.25) is 0 Å². The van der Waals surface area contributed by atoms with Crippen molar-refractivity contribution in [2.75, 3.05) is 18.1 Å². The first-order valence-electron chi connectivity index (χ1n) is 7.02. The molecule has 3 rings (SSSR count). The zero-order chi connectivity index (χ0) is 14.2. The lowest BCUT2D eigenvalue weighted by molar-refractivity contribution is -0.0835. The lowest BCUT2D eigenvalue weighted by Crippen LogP contribution is -2.42. The van der Waals surface area contributed by atoms with Gasteiger partial charge in [0.15, 0.2) is 0 Å². The van der Waals surface area contributed by atoms with Crippen LogP contribution in [-0.4, -0.2) is 23.7 Å². The van der Waals surface area contributed by atoms with Gasteiger partial charge in [-0.25, -0.2) is 4.39 Å². The number of hydrogen-bond acceptors (Lipinski definition) is 3. The Hall–Kier alpha value is -0.100. The molecule has 0 amide bonds. The molecule has 2 heterocycles. The predicted octanol–water partition coefficient (Wildman–Crippen LogP) is 3.89. The van der Waals surface area contributed by atoms with Crippen molar-refractivity contribution in [2.24, 2.45) is 11.7 Å². The van der Waals surface area contributed by atoms with Gasteiger partial charge in [0.2, 0.25) is 0 Å². The van der Waals surface area contributed by atoms with Crippen LogP contribution >= 0.6 is 27.7 Å². The lowest BCUT2D eigenvalue weighted by atomic mass is 9.79. The minimum atomic E-state index is -0.251. The van der Waals surface area contributed by atoms with Crippen molar-refractivity contribution >= 4 is 27.7 Å². The van der Waals surface area contributed by atoms with E-state index >= 15 is 0 Å². The molecule has 2 aliphatic rings. The molecule has 0 aliphatic carbocycles. The van der Waals surface area contributed by atoms with Gasteiger partial charge in [-0.1, -0.05) is 15.9 Å². The van der Waals surface area contributed by atoms with Crippen LogP contribution in [-0.2, 0) is 4.74 Å². The first-order chi connectivity index (χ1) is 9.60. The third-order valence-electron chi connectivity index (χ3n) is 4.42. The Morgan fingerprint density at radius 1 is 1.50 bits per heavy atom. The summed E-state index contributed by atoms with van der Waals surface area (Å²) in [5.41, 5.74) is 6.98. The largest absolute Gasteiger partial charge is 0.374 e. The standard InChI is InChI=1S/C15H19BrFNOS/c16-11-1-2-13(17)12(7-11)14(18)10-3-5-19-15(8-10)4-6-20-9-15/h1-2,7,10,14H,3-6,8-9,18H2.